The average Bonchev–Trinajstić information content (AvgIpc) is 2.40. The number of aliphatic hydroxyl groups excluding tert-OH is 1. The van der Waals surface area contributed by atoms with E-state index in [1.165, 1.54) is 5.56 Å². The molecule has 1 N–H and O–H groups in total. The molecule has 0 aliphatic rings. The van der Waals surface area contributed by atoms with E-state index in [9.17, 15) is 5.11 Å². The van der Waals surface area contributed by atoms with Crippen LogP contribution >= 0.6 is 0 Å². The summed E-state index contributed by atoms with van der Waals surface area (Å²) in [6, 6.07) is 12.0. The number of aliphatic hydroxyl groups is 1. The Morgan fingerprint density at radius 3 is 2.59 bits per heavy atom. The molecule has 2 rings (SSSR count). The molecule has 2 nitrogen and oxygen atoms in total. The first-order valence-electron chi connectivity index (χ1n) is 5.95. The summed E-state index contributed by atoms with van der Waals surface area (Å²) >= 11 is 0. The van der Waals surface area contributed by atoms with Crippen molar-refractivity contribution in [1.29, 1.82) is 0 Å². The second-order valence-corrected chi connectivity index (χ2v) is 4.17. The lowest BCUT2D eigenvalue weighted by molar-refractivity contribution is 0.178. The van der Waals surface area contributed by atoms with E-state index >= 15 is 0 Å². The van der Waals surface area contributed by atoms with Crippen LogP contribution in [-0.4, -0.2) is 10.1 Å². The Morgan fingerprint density at radius 2 is 1.88 bits per heavy atom. The van der Waals surface area contributed by atoms with Crippen LogP contribution in [-0.2, 0) is 12.8 Å². The van der Waals surface area contributed by atoms with Gasteiger partial charge in [0.15, 0.2) is 0 Å². The van der Waals surface area contributed by atoms with E-state index in [0.717, 1.165) is 17.5 Å². The summed E-state index contributed by atoms with van der Waals surface area (Å²) in [4.78, 5) is 3.97. The van der Waals surface area contributed by atoms with Gasteiger partial charge in [0, 0.05) is 18.8 Å². The fraction of sp³-hybridized carbons (Fsp3) is 0.267. The minimum absolute atomic E-state index is 0.441. The van der Waals surface area contributed by atoms with Crippen LogP contribution in [0, 0.1) is 0 Å². The predicted molar refractivity (Wildman–Crippen MR) is 68.7 cm³/mol. The summed E-state index contributed by atoms with van der Waals surface area (Å²) in [5, 5.41) is 10.2. The van der Waals surface area contributed by atoms with Crippen LogP contribution in [0.15, 0.2) is 48.8 Å². The molecule has 0 fully saturated rings. The van der Waals surface area contributed by atoms with Crippen LogP contribution in [0.4, 0.5) is 0 Å². The van der Waals surface area contributed by atoms with E-state index in [4.69, 9.17) is 0 Å². The second-order valence-electron chi connectivity index (χ2n) is 4.17. The largest absolute Gasteiger partial charge is 0.388 e. The zero-order valence-electron chi connectivity index (χ0n) is 10.0. The maximum atomic E-state index is 10.2. The first-order valence-corrected chi connectivity index (χ1v) is 5.95. The van der Waals surface area contributed by atoms with Crippen LogP contribution in [0.2, 0.25) is 0 Å². The number of aryl methyl sites for hydroxylation is 1. The van der Waals surface area contributed by atoms with E-state index in [0.29, 0.717) is 6.42 Å². The molecule has 88 valence electrons. The van der Waals surface area contributed by atoms with Gasteiger partial charge in [-0.3, -0.25) is 4.98 Å². The molecule has 0 aliphatic carbocycles. The average molecular weight is 227 g/mol. The van der Waals surface area contributed by atoms with Crippen molar-refractivity contribution in [3.05, 3.63) is 65.5 Å². The van der Waals surface area contributed by atoms with E-state index in [1.54, 1.807) is 12.4 Å². The molecule has 1 unspecified atom stereocenters. The van der Waals surface area contributed by atoms with Crippen molar-refractivity contribution >= 4 is 0 Å². The Morgan fingerprint density at radius 1 is 1.12 bits per heavy atom. The number of hydrogen-bond donors (Lipinski definition) is 1. The molecule has 0 radical (unpaired) electrons. The monoisotopic (exact) mass is 227 g/mol. The summed E-state index contributed by atoms with van der Waals surface area (Å²) in [7, 11) is 0. The first-order chi connectivity index (χ1) is 8.29. The van der Waals surface area contributed by atoms with Crippen LogP contribution in [0.1, 0.15) is 29.7 Å². The molecule has 17 heavy (non-hydrogen) atoms. The lowest BCUT2D eigenvalue weighted by Gasteiger charge is -2.12. The molecule has 0 aliphatic heterocycles. The molecule has 1 heterocycles. The molecular formula is C15H17NO. The lowest BCUT2D eigenvalue weighted by atomic mass is 10.00. The number of rotatable bonds is 4. The van der Waals surface area contributed by atoms with Crippen molar-refractivity contribution in [3.8, 4) is 0 Å². The minimum Gasteiger partial charge on any atom is -0.388 e. The van der Waals surface area contributed by atoms with Gasteiger partial charge in [0.2, 0.25) is 0 Å². The van der Waals surface area contributed by atoms with Crippen LogP contribution in [0.3, 0.4) is 0 Å². The smallest absolute Gasteiger partial charge is 0.0830 e. The Balaban J connectivity index is 2.11. The normalized spacial score (nSPS) is 12.4. The first kappa shape index (κ1) is 11.8. The standard InChI is InChI=1S/C15H17NO/c1-2-12-4-3-5-14(10-12)15(17)11-13-6-8-16-9-7-13/h3-10,15,17H,2,11H2,1H3. The van der Waals surface area contributed by atoms with Gasteiger partial charge in [0.05, 0.1) is 6.10 Å². The van der Waals surface area contributed by atoms with Gasteiger partial charge in [-0.1, -0.05) is 31.2 Å². The molecule has 1 aromatic heterocycles. The summed E-state index contributed by atoms with van der Waals surface area (Å²) < 4.78 is 0. The number of aromatic nitrogens is 1. The van der Waals surface area contributed by atoms with Crippen molar-refractivity contribution < 1.29 is 5.11 Å². The Labute approximate surface area is 102 Å². The SMILES string of the molecule is CCc1cccc(C(O)Cc2ccncc2)c1. The fourth-order valence-electron chi connectivity index (χ4n) is 1.88. The molecule has 1 aromatic carbocycles. The second kappa shape index (κ2) is 5.60. The van der Waals surface area contributed by atoms with E-state index in [2.05, 4.69) is 24.0 Å². The molecular weight excluding hydrogens is 210 g/mol. The van der Waals surface area contributed by atoms with Gasteiger partial charge in [-0.15, -0.1) is 0 Å². The van der Waals surface area contributed by atoms with Crippen molar-refractivity contribution in [3.63, 3.8) is 0 Å². The van der Waals surface area contributed by atoms with Gasteiger partial charge in [-0.05, 0) is 35.2 Å². The number of pyridine rings is 1. The molecule has 2 heteroatoms. The quantitative estimate of drug-likeness (QED) is 0.871. The van der Waals surface area contributed by atoms with E-state index in [1.807, 2.05) is 24.3 Å². The number of hydrogen-bond acceptors (Lipinski definition) is 2. The molecule has 1 atom stereocenters. The molecule has 0 amide bonds. The highest BCUT2D eigenvalue weighted by Gasteiger charge is 2.08. The number of nitrogens with zero attached hydrogens (tertiary/aromatic N) is 1. The highest BCUT2D eigenvalue weighted by atomic mass is 16.3. The zero-order valence-corrected chi connectivity index (χ0v) is 10.0. The van der Waals surface area contributed by atoms with Crippen LogP contribution in [0.5, 0.6) is 0 Å². The molecule has 0 saturated carbocycles. The van der Waals surface area contributed by atoms with Crippen molar-refractivity contribution in [2.45, 2.75) is 25.9 Å². The third-order valence-corrected chi connectivity index (χ3v) is 2.92. The maximum absolute atomic E-state index is 10.2. The molecule has 0 bridgehead atoms. The highest BCUT2D eigenvalue weighted by molar-refractivity contribution is 5.26. The van der Waals surface area contributed by atoms with E-state index < -0.39 is 6.10 Å². The minimum atomic E-state index is -0.441. The van der Waals surface area contributed by atoms with Gasteiger partial charge in [-0.25, -0.2) is 0 Å². The Kier molecular flexibility index (Phi) is 3.89. The molecule has 0 saturated heterocycles. The fourth-order valence-corrected chi connectivity index (χ4v) is 1.88. The van der Waals surface area contributed by atoms with Crippen molar-refractivity contribution in [2.24, 2.45) is 0 Å². The van der Waals surface area contributed by atoms with Crippen molar-refractivity contribution in [2.75, 3.05) is 0 Å². The third kappa shape index (κ3) is 3.14. The molecule has 2 aromatic rings. The van der Waals surface area contributed by atoms with Crippen LogP contribution < -0.4 is 0 Å². The predicted octanol–water partition coefficient (Wildman–Crippen LogP) is 2.92. The Hall–Kier alpha value is -1.67. The summed E-state index contributed by atoms with van der Waals surface area (Å²) in [6.45, 7) is 2.12. The van der Waals surface area contributed by atoms with E-state index in [-0.39, 0.29) is 0 Å². The maximum Gasteiger partial charge on any atom is 0.0830 e. The van der Waals surface area contributed by atoms with Gasteiger partial charge in [0.25, 0.3) is 0 Å². The summed E-state index contributed by atoms with van der Waals surface area (Å²) in [5.41, 5.74) is 3.35. The van der Waals surface area contributed by atoms with Crippen molar-refractivity contribution in [1.82, 2.24) is 4.98 Å². The third-order valence-electron chi connectivity index (χ3n) is 2.92. The molecule has 0 spiro atoms. The zero-order chi connectivity index (χ0) is 12.1. The van der Waals surface area contributed by atoms with Crippen LogP contribution in [0.25, 0.3) is 0 Å². The topological polar surface area (TPSA) is 33.1 Å². The van der Waals surface area contributed by atoms with Gasteiger partial charge < -0.3 is 5.11 Å². The van der Waals surface area contributed by atoms with Gasteiger partial charge in [0.1, 0.15) is 0 Å². The van der Waals surface area contributed by atoms with Gasteiger partial charge in [-0.2, -0.15) is 0 Å². The summed E-state index contributed by atoms with van der Waals surface area (Å²) in [5.74, 6) is 0. The Bertz CT molecular complexity index is 467. The lowest BCUT2D eigenvalue weighted by Crippen LogP contribution is -2.02. The number of benzene rings is 1. The van der Waals surface area contributed by atoms with Gasteiger partial charge >= 0.3 is 0 Å². The highest BCUT2D eigenvalue weighted by Crippen LogP contribution is 2.19. The summed E-state index contributed by atoms with van der Waals surface area (Å²) in [6.07, 6.45) is 4.70.